The SMILES string of the molecule is O=C(CC(c1ccccc1)(c1ccccc1)c1ccccc1)NN1CCCCC1. The Morgan fingerprint density at radius 2 is 1.10 bits per heavy atom. The van der Waals surface area contributed by atoms with Gasteiger partial charge in [-0.1, -0.05) is 97.4 Å². The van der Waals surface area contributed by atoms with E-state index < -0.39 is 5.41 Å². The number of hydrogen-bond donors (Lipinski definition) is 1. The van der Waals surface area contributed by atoms with Crippen LogP contribution in [0.1, 0.15) is 42.4 Å². The van der Waals surface area contributed by atoms with Crippen LogP contribution in [-0.2, 0) is 10.2 Å². The highest BCUT2D eigenvalue weighted by Gasteiger charge is 2.38. The topological polar surface area (TPSA) is 32.3 Å². The Balaban J connectivity index is 1.78. The number of piperidine rings is 1. The Morgan fingerprint density at radius 3 is 1.52 bits per heavy atom. The maximum Gasteiger partial charge on any atom is 0.235 e. The predicted molar refractivity (Wildman–Crippen MR) is 117 cm³/mol. The number of benzene rings is 3. The van der Waals surface area contributed by atoms with Gasteiger partial charge in [0.25, 0.3) is 0 Å². The van der Waals surface area contributed by atoms with Crippen molar-refractivity contribution in [2.45, 2.75) is 31.1 Å². The molecule has 1 N–H and O–H groups in total. The molecule has 0 bridgehead atoms. The molecule has 1 saturated heterocycles. The Hall–Kier alpha value is -2.91. The molecule has 3 aromatic carbocycles. The van der Waals surface area contributed by atoms with Crippen LogP contribution in [0, 0.1) is 0 Å². The van der Waals surface area contributed by atoms with E-state index in [0.717, 1.165) is 42.6 Å². The van der Waals surface area contributed by atoms with Crippen molar-refractivity contribution in [3.05, 3.63) is 108 Å². The van der Waals surface area contributed by atoms with Gasteiger partial charge in [-0.3, -0.25) is 10.2 Å². The van der Waals surface area contributed by atoms with E-state index in [1.54, 1.807) is 0 Å². The zero-order valence-electron chi connectivity index (χ0n) is 16.8. The maximum atomic E-state index is 13.3. The molecule has 1 fully saturated rings. The van der Waals surface area contributed by atoms with Crippen LogP contribution in [0.3, 0.4) is 0 Å². The molecule has 3 aromatic rings. The molecule has 1 amide bonds. The lowest BCUT2D eigenvalue weighted by atomic mass is 9.67. The largest absolute Gasteiger partial charge is 0.289 e. The highest BCUT2D eigenvalue weighted by atomic mass is 16.2. The fraction of sp³-hybridized carbons (Fsp3) is 0.269. The highest BCUT2D eigenvalue weighted by molar-refractivity contribution is 5.79. The maximum absolute atomic E-state index is 13.3. The molecule has 0 aromatic heterocycles. The number of rotatable bonds is 6. The third-order valence-electron chi connectivity index (χ3n) is 5.86. The summed E-state index contributed by atoms with van der Waals surface area (Å²) in [7, 11) is 0. The number of nitrogens with one attached hydrogen (secondary N) is 1. The van der Waals surface area contributed by atoms with Gasteiger partial charge in [0.05, 0.1) is 5.41 Å². The van der Waals surface area contributed by atoms with Crippen LogP contribution in [0.4, 0.5) is 0 Å². The average molecular weight is 385 g/mol. The molecule has 0 atom stereocenters. The Kier molecular flexibility index (Phi) is 6.06. The van der Waals surface area contributed by atoms with Crippen LogP contribution in [0.5, 0.6) is 0 Å². The fourth-order valence-electron chi connectivity index (χ4n) is 4.44. The minimum Gasteiger partial charge on any atom is -0.289 e. The van der Waals surface area contributed by atoms with Gasteiger partial charge in [0, 0.05) is 19.5 Å². The number of carbonyl (C=O) groups is 1. The predicted octanol–water partition coefficient (Wildman–Crippen LogP) is 4.93. The second-order valence-corrected chi connectivity index (χ2v) is 7.76. The standard InChI is InChI=1S/C26H28N2O/c29-25(27-28-19-11-4-12-20-28)21-26(22-13-5-1-6-14-22,23-15-7-2-8-16-23)24-17-9-3-10-18-24/h1-3,5-10,13-18H,4,11-12,19-21H2,(H,27,29). The van der Waals surface area contributed by atoms with E-state index in [0.29, 0.717) is 6.42 Å². The number of hydrazine groups is 1. The smallest absolute Gasteiger partial charge is 0.235 e. The van der Waals surface area contributed by atoms with Crippen molar-refractivity contribution in [1.82, 2.24) is 10.4 Å². The Bertz CT molecular complexity index is 807. The molecule has 0 spiro atoms. The van der Waals surface area contributed by atoms with Gasteiger partial charge in [0.15, 0.2) is 0 Å². The minimum atomic E-state index is -0.538. The van der Waals surface area contributed by atoms with Gasteiger partial charge in [0.1, 0.15) is 0 Å². The lowest BCUT2D eigenvalue weighted by molar-refractivity contribution is -0.127. The van der Waals surface area contributed by atoms with Crippen LogP contribution in [0.25, 0.3) is 0 Å². The van der Waals surface area contributed by atoms with Gasteiger partial charge in [-0.25, -0.2) is 5.01 Å². The fourth-order valence-corrected chi connectivity index (χ4v) is 4.44. The summed E-state index contributed by atoms with van der Waals surface area (Å²) in [5, 5.41) is 2.08. The Morgan fingerprint density at radius 1 is 0.690 bits per heavy atom. The number of amides is 1. The molecule has 3 nitrogen and oxygen atoms in total. The van der Waals surface area contributed by atoms with E-state index in [1.807, 2.05) is 18.2 Å². The lowest BCUT2D eigenvalue weighted by Crippen LogP contribution is -2.47. The summed E-state index contributed by atoms with van der Waals surface area (Å²) in [5.41, 5.74) is 6.03. The number of carbonyl (C=O) groups excluding carboxylic acids is 1. The van der Waals surface area contributed by atoms with Crippen molar-refractivity contribution in [3.63, 3.8) is 0 Å². The van der Waals surface area contributed by atoms with Crippen molar-refractivity contribution in [3.8, 4) is 0 Å². The molecule has 1 aliphatic heterocycles. The van der Waals surface area contributed by atoms with Crippen LogP contribution >= 0.6 is 0 Å². The molecule has 0 saturated carbocycles. The van der Waals surface area contributed by atoms with E-state index in [4.69, 9.17) is 0 Å². The molecule has 4 rings (SSSR count). The molecule has 0 aliphatic carbocycles. The van der Waals surface area contributed by atoms with E-state index in [-0.39, 0.29) is 5.91 Å². The normalized spacial score (nSPS) is 15.0. The first-order valence-corrected chi connectivity index (χ1v) is 10.5. The summed E-state index contributed by atoms with van der Waals surface area (Å²) < 4.78 is 0. The van der Waals surface area contributed by atoms with Crippen molar-refractivity contribution in [2.24, 2.45) is 0 Å². The summed E-state index contributed by atoms with van der Waals surface area (Å²) in [4.78, 5) is 13.3. The molecular weight excluding hydrogens is 356 g/mol. The molecule has 1 aliphatic rings. The van der Waals surface area contributed by atoms with E-state index in [1.165, 1.54) is 6.42 Å². The van der Waals surface area contributed by atoms with Crippen molar-refractivity contribution in [1.29, 1.82) is 0 Å². The zero-order valence-corrected chi connectivity index (χ0v) is 16.8. The second kappa shape index (κ2) is 9.06. The molecule has 0 unspecified atom stereocenters. The summed E-state index contributed by atoms with van der Waals surface area (Å²) in [5.74, 6) is 0.0588. The van der Waals surface area contributed by atoms with E-state index in [2.05, 4.69) is 83.2 Å². The van der Waals surface area contributed by atoms with Crippen LogP contribution < -0.4 is 5.43 Å². The first-order valence-electron chi connectivity index (χ1n) is 10.5. The number of hydrogen-bond acceptors (Lipinski definition) is 2. The summed E-state index contributed by atoms with van der Waals surface area (Å²) >= 11 is 0. The van der Waals surface area contributed by atoms with Crippen molar-refractivity contribution < 1.29 is 4.79 Å². The van der Waals surface area contributed by atoms with Gasteiger partial charge in [0.2, 0.25) is 5.91 Å². The van der Waals surface area contributed by atoms with E-state index in [9.17, 15) is 4.79 Å². The first kappa shape index (κ1) is 19.4. The summed E-state index contributed by atoms with van der Waals surface area (Å²) in [6.45, 7) is 1.86. The highest BCUT2D eigenvalue weighted by Crippen LogP contribution is 2.42. The zero-order chi connectivity index (χ0) is 19.9. The third kappa shape index (κ3) is 4.25. The molecule has 0 radical (unpaired) electrons. The van der Waals surface area contributed by atoms with Crippen molar-refractivity contribution in [2.75, 3.05) is 13.1 Å². The molecular formula is C26H28N2O. The number of nitrogens with zero attached hydrogens (tertiary/aromatic N) is 1. The quantitative estimate of drug-likeness (QED) is 0.611. The summed E-state index contributed by atoms with van der Waals surface area (Å²) in [6, 6.07) is 31.2. The summed E-state index contributed by atoms with van der Waals surface area (Å²) in [6.07, 6.45) is 3.89. The van der Waals surface area contributed by atoms with Crippen LogP contribution in [-0.4, -0.2) is 24.0 Å². The third-order valence-corrected chi connectivity index (χ3v) is 5.86. The van der Waals surface area contributed by atoms with Crippen LogP contribution in [0.15, 0.2) is 91.0 Å². The van der Waals surface area contributed by atoms with Gasteiger partial charge >= 0.3 is 0 Å². The second-order valence-electron chi connectivity index (χ2n) is 7.76. The van der Waals surface area contributed by atoms with Gasteiger partial charge < -0.3 is 0 Å². The van der Waals surface area contributed by atoms with Gasteiger partial charge in [-0.15, -0.1) is 0 Å². The van der Waals surface area contributed by atoms with Crippen molar-refractivity contribution >= 4 is 5.91 Å². The van der Waals surface area contributed by atoms with Gasteiger partial charge in [-0.05, 0) is 29.5 Å². The molecule has 3 heteroatoms. The van der Waals surface area contributed by atoms with Gasteiger partial charge in [-0.2, -0.15) is 0 Å². The Labute approximate surface area is 173 Å². The van der Waals surface area contributed by atoms with Crippen LogP contribution in [0.2, 0.25) is 0 Å². The van der Waals surface area contributed by atoms with E-state index >= 15 is 0 Å². The minimum absolute atomic E-state index is 0.0588. The first-order chi connectivity index (χ1) is 14.3. The molecule has 148 valence electrons. The lowest BCUT2D eigenvalue weighted by Gasteiger charge is -2.36. The monoisotopic (exact) mass is 384 g/mol. The molecule has 1 heterocycles. The average Bonchev–Trinajstić information content (AvgIpc) is 2.80. The molecule has 29 heavy (non-hydrogen) atoms.